The topological polar surface area (TPSA) is 29.1 Å². The second-order valence-electron chi connectivity index (χ2n) is 3.78. The molecule has 0 bridgehead atoms. The summed E-state index contributed by atoms with van der Waals surface area (Å²) in [6.07, 6.45) is 1.92. The summed E-state index contributed by atoms with van der Waals surface area (Å²) in [6, 6.07) is 11.7. The van der Waals surface area contributed by atoms with Crippen molar-refractivity contribution in [1.82, 2.24) is 0 Å². The van der Waals surface area contributed by atoms with Gasteiger partial charge in [-0.3, -0.25) is 4.79 Å². The van der Waals surface area contributed by atoms with Crippen LogP contribution in [0.25, 0.3) is 0 Å². The highest BCUT2D eigenvalue weighted by Crippen LogP contribution is 2.25. The third-order valence-electron chi connectivity index (χ3n) is 2.53. The molecule has 19 heavy (non-hydrogen) atoms. The van der Waals surface area contributed by atoms with Gasteiger partial charge in [0, 0.05) is 9.37 Å². The minimum Gasteiger partial charge on any atom is -0.321 e. The first-order valence-electron chi connectivity index (χ1n) is 5.51. The number of anilines is 1. The first-order chi connectivity index (χ1) is 9.11. The Morgan fingerprint density at radius 3 is 2.74 bits per heavy atom. The highest BCUT2D eigenvalue weighted by Gasteiger charge is 2.13. The van der Waals surface area contributed by atoms with Crippen molar-refractivity contribution in [2.75, 3.05) is 11.6 Å². The molecule has 0 saturated heterocycles. The van der Waals surface area contributed by atoms with E-state index in [-0.39, 0.29) is 5.56 Å². The fourth-order valence-electron chi connectivity index (χ4n) is 1.61. The van der Waals surface area contributed by atoms with Crippen LogP contribution in [0.5, 0.6) is 0 Å². The van der Waals surface area contributed by atoms with Gasteiger partial charge in [-0.05, 0) is 36.6 Å². The lowest BCUT2D eigenvalue weighted by atomic mass is 10.2. The molecule has 0 aromatic heterocycles. The minimum atomic E-state index is -0.540. The van der Waals surface area contributed by atoms with Crippen LogP contribution in [0.2, 0.25) is 0 Å². The van der Waals surface area contributed by atoms with E-state index in [9.17, 15) is 9.18 Å². The van der Waals surface area contributed by atoms with E-state index in [0.29, 0.717) is 10.2 Å². The standard InChI is InChI=1S/C14H11BrFNOS/c1-19-13-5-3-2-4-12(13)17-14(18)10-8-9(15)6-7-11(10)16/h2-8H,1H3,(H,17,18). The van der Waals surface area contributed by atoms with Gasteiger partial charge in [0.05, 0.1) is 11.3 Å². The molecular formula is C14H11BrFNOS. The summed E-state index contributed by atoms with van der Waals surface area (Å²) in [4.78, 5) is 13.0. The van der Waals surface area contributed by atoms with Crippen LogP contribution in [0.4, 0.5) is 10.1 Å². The van der Waals surface area contributed by atoms with Crippen molar-refractivity contribution in [3.8, 4) is 0 Å². The monoisotopic (exact) mass is 339 g/mol. The van der Waals surface area contributed by atoms with Gasteiger partial charge in [-0.2, -0.15) is 0 Å². The van der Waals surface area contributed by atoms with Crippen LogP contribution in [0, 0.1) is 5.82 Å². The Bertz CT molecular complexity index is 618. The van der Waals surface area contributed by atoms with E-state index in [4.69, 9.17) is 0 Å². The van der Waals surface area contributed by atoms with Crippen LogP contribution in [0.15, 0.2) is 51.8 Å². The summed E-state index contributed by atoms with van der Waals surface area (Å²) in [5.74, 6) is -0.998. The van der Waals surface area contributed by atoms with Crippen LogP contribution in [-0.4, -0.2) is 12.2 Å². The number of rotatable bonds is 3. The lowest BCUT2D eigenvalue weighted by Gasteiger charge is -2.09. The minimum absolute atomic E-state index is 0.0188. The van der Waals surface area contributed by atoms with E-state index in [1.165, 1.54) is 23.9 Å². The van der Waals surface area contributed by atoms with Crippen molar-refractivity contribution in [3.63, 3.8) is 0 Å². The van der Waals surface area contributed by atoms with Crippen LogP contribution in [0.1, 0.15) is 10.4 Å². The first-order valence-corrected chi connectivity index (χ1v) is 7.53. The number of halogens is 2. The number of amides is 1. The predicted octanol–water partition coefficient (Wildman–Crippen LogP) is 4.56. The van der Waals surface area contributed by atoms with Gasteiger partial charge in [-0.1, -0.05) is 28.1 Å². The summed E-state index contributed by atoms with van der Waals surface area (Å²) in [5, 5.41) is 2.73. The summed E-state index contributed by atoms with van der Waals surface area (Å²) in [7, 11) is 0. The summed E-state index contributed by atoms with van der Waals surface area (Å²) < 4.78 is 14.3. The predicted molar refractivity (Wildman–Crippen MR) is 80.3 cm³/mol. The molecule has 0 fully saturated rings. The third kappa shape index (κ3) is 3.36. The largest absolute Gasteiger partial charge is 0.321 e. The van der Waals surface area contributed by atoms with E-state index < -0.39 is 11.7 Å². The number of para-hydroxylation sites is 1. The van der Waals surface area contributed by atoms with E-state index in [1.807, 2.05) is 24.5 Å². The molecule has 0 heterocycles. The second kappa shape index (κ2) is 6.21. The Morgan fingerprint density at radius 1 is 1.26 bits per heavy atom. The molecule has 0 aliphatic carbocycles. The molecule has 2 nitrogen and oxygen atoms in total. The SMILES string of the molecule is CSc1ccccc1NC(=O)c1cc(Br)ccc1F. The summed E-state index contributed by atoms with van der Waals surface area (Å²) >= 11 is 4.75. The maximum absolute atomic E-state index is 13.6. The maximum Gasteiger partial charge on any atom is 0.258 e. The molecular weight excluding hydrogens is 329 g/mol. The smallest absolute Gasteiger partial charge is 0.258 e. The summed E-state index contributed by atoms with van der Waals surface area (Å²) in [5.41, 5.74) is 0.699. The number of hydrogen-bond donors (Lipinski definition) is 1. The summed E-state index contributed by atoms with van der Waals surface area (Å²) in [6.45, 7) is 0. The van der Waals surface area contributed by atoms with E-state index in [2.05, 4.69) is 21.2 Å². The fourth-order valence-corrected chi connectivity index (χ4v) is 2.52. The van der Waals surface area contributed by atoms with Crippen LogP contribution >= 0.6 is 27.7 Å². The molecule has 2 rings (SSSR count). The lowest BCUT2D eigenvalue weighted by Crippen LogP contribution is -2.14. The van der Waals surface area contributed by atoms with Crippen LogP contribution in [-0.2, 0) is 0 Å². The Balaban J connectivity index is 2.28. The lowest BCUT2D eigenvalue weighted by molar-refractivity contribution is 0.102. The molecule has 0 spiro atoms. The molecule has 5 heteroatoms. The van der Waals surface area contributed by atoms with E-state index >= 15 is 0 Å². The fraction of sp³-hybridized carbons (Fsp3) is 0.0714. The normalized spacial score (nSPS) is 10.3. The Labute approximate surface area is 123 Å². The molecule has 0 aliphatic heterocycles. The molecule has 0 unspecified atom stereocenters. The average Bonchev–Trinajstić information content (AvgIpc) is 2.42. The maximum atomic E-state index is 13.6. The van der Waals surface area contributed by atoms with Crippen LogP contribution in [0.3, 0.4) is 0 Å². The Hall–Kier alpha value is -1.33. The molecule has 1 N–H and O–H groups in total. The first kappa shape index (κ1) is 14.1. The molecule has 1 amide bonds. The van der Waals surface area contributed by atoms with E-state index in [0.717, 1.165) is 4.90 Å². The zero-order valence-electron chi connectivity index (χ0n) is 10.1. The number of carbonyl (C=O) groups excluding carboxylic acids is 1. The molecule has 2 aromatic carbocycles. The second-order valence-corrected chi connectivity index (χ2v) is 5.54. The zero-order chi connectivity index (χ0) is 13.8. The van der Waals surface area contributed by atoms with Crippen molar-refractivity contribution < 1.29 is 9.18 Å². The molecule has 0 atom stereocenters. The van der Waals surface area contributed by atoms with Crippen molar-refractivity contribution >= 4 is 39.3 Å². The Kier molecular flexibility index (Phi) is 4.61. The van der Waals surface area contributed by atoms with Gasteiger partial charge in [-0.25, -0.2) is 4.39 Å². The van der Waals surface area contributed by atoms with E-state index in [1.54, 1.807) is 12.1 Å². The Morgan fingerprint density at radius 2 is 2.00 bits per heavy atom. The number of hydrogen-bond acceptors (Lipinski definition) is 2. The average molecular weight is 340 g/mol. The molecule has 0 saturated carbocycles. The van der Waals surface area contributed by atoms with Gasteiger partial charge >= 0.3 is 0 Å². The van der Waals surface area contributed by atoms with Crippen molar-refractivity contribution in [2.24, 2.45) is 0 Å². The molecule has 2 aromatic rings. The number of thioether (sulfide) groups is 1. The van der Waals surface area contributed by atoms with Crippen molar-refractivity contribution in [2.45, 2.75) is 4.90 Å². The van der Waals surface area contributed by atoms with Gasteiger partial charge < -0.3 is 5.32 Å². The highest BCUT2D eigenvalue weighted by molar-refractivity contribution is 9.10. The number of benzene rings is 2. The van der Waals surface area contributed by atoms with Gasteiger partial charge in [-0.15, -0.1) is 11.8 Å². The molecule has 0 radical (unpaired) electrons. The van der Waals surface area contributed by atoms with Crippen molar-refractivity contribution in [1.29, 1.82) is 0 Å². The molecule has 98 valence electrons. The van der Waals surface area contributed by atoms with Crippen LogP contribution < -0.4 is 5.32 Å². The third-order valence-corrected chi connectivity index (χ3v) is 3.82. The zero-order valence-corrected chi connectivity index (χ0v) is 12.5. The highest BCUT2D eigenvalue weighted by atomic mass is 79.9. The van der Waals surface area contributed by atoms with Gasteiger partial charge in [0.25, 0.3) is 5.91 Å². The number of nitrogens with one attached hydrogen (secondary N) is 1. The quantitative estimate of drug-likeness (QED) is 0.830. The van der Waals surface area contributed by atoms with Crippen molar-refractivity contribution in [3.05, 3.63) is 58.3 Å². The van der Waals surface area contributed by atoms with Gasteiger partial charge in [0.1, 0.15) is 5.82 Å². The van der Waals surface area contributed by atoms with Gasteiger partial charge in [0.15, 0.2) is 0 Å². The number of carbonyl (C=O) groups is 1. The van der Waals surface area contributed by atoms with Gasteiger partial charge in [0.2, 0.25) is 0 Å². The molecule has 0 aliphatic rings.